The molecule has 1 aromatic heterocycles. The van der Waals surface area contributed by atoms with Crippen molar-refractivity contribution in [1.82, 2.24) is 0 Å². The van der Waals surface area contributed by atoms with Crippen LogP contribution in [-0.4, -0.2) is 0 Å². The van der Waals surface area contributed by atoms with Gasteiger partial charge in [-0.15, -0.1) is 35.6 Å². The Hall–Kier alpha value is 0.110. The average molecular weight is 249 g/mol. The Morgan fingerprint density at radius 2 is 2.23 bits per heavy atom. The number of thiophene rings is 1. The Bertz CT molecular complexity index is 448. The van der Waals surface area contributed by atoms with Crippen LogP contribution in [0.1, 0.15) is 5.56 Å². The van der Waals surface area contributed by atoms with Crippen molar-refractivity contribution in [2.45, 2.75) is 10.8 Å². The Labute approximate surface area is 95.9 Å². The van der Waals surface area contributed by atoms with Gasteiger partial charge in [0.25, 0.3) is 0 Å². The number of benzene rings is 1. The van der Waals surface area contributed by atoms with Crippen LogP contribution in [0.2, 0.25) is 5.02 Å². The molecule has 13 heavy (non-hydrogen) atoms. The van der Waals surface area contributed by atoms with Gasteiger partial charge < -0.3 is 0 Å². The van der Waals surface area contributed by atoms with Crippen molar-refractivity contribution < 1.29 is 0 Å². The molecule has 0 aliphatic rings. The van der Waals surface area contributed by atoms with Crippen molar-refractivity contribution >= 4 is 57.3 Å². The van der Waals surface area contributed by atoms with E-state index in [0.717, 1.165) is 20.5 Å². The largest absolute Gasteiger partial charge is 0.142 e. The van der Waals surface area contributed by atoms with Gasteiger partial charge in [0, 0.05) is 10.8 Å². The molecule has 2 aromatic rings. The third-order valence-electron chi connectivity index (χ3n) is 1.88. The molecule has 4 heteroatoms. The third kappa shape index (κ3) is 1.57. The van der Waals surface area contributed by atoms with E-state index in [9.17, 15) is 0 Å². The predicted molar refractivity (Wildman–Crippen MR) is 63.6 cm³/mol. The zero-order valence-corrected chi connectivity index (χ0v) is 9.77. The maximum atomic E-state index is 6.13. The van der Waals surface area contributed by atoms with E-state index in [4.69, 9.17) is 23.2 Å². The Morgan fingerprint density at radius 1 is 1.46 bits per heavy atom. The summed E-state index contributed by atoms with van der Waals surface area (Å²) in [5, 5.41) is 3.87. The van der Waals surface area contributed by atoms with Crippen molar-refractivity contribution in [2.75, 3.05) is 0 Å². The summed E-state index contributed by atoms with van der Waals surface area (Å²) in [6.07, 6.45) is 0. The second-order valence-corrected chi connectivity index (χ2v) is 4.68. The van der Waals surface area contributed by atoms with Crippen LogP contribution in [0, 0.1) is 0 Å². The van der Waals surface area contributed by atoms with Gasteiger partial charge >= 0.3 is 0 Å². The van der Waals surface area contributed by atoms with Crippen LogP contribution < -0.4 is 0 Å². The van der Waals surface area contributed by atoms with Crippen molar-refractivity contribution in [2.24, 2.45) is 0 Å². The molecule has 0 saturated carbocycles. The Balaban J connectivity index is 2.83. The summed E-state index contributed by atoms with van der Waals surface area (Å²) in [5.41, 5.74) is 0.987. The van der Waals surface area contributed by atoms with Crippen LogP contribution in [0.25, 0.3) is 10.1 Å². The summed E-state index contributed by atoms with van der Waals surface area (Å²) in [7, 11) is 0. The molecule has 0 saturated heterocycles. The van der Waals surface area contributed by atoms with Gasteiger partial charge in [-0.3, -0.25) is 0 Å². The van der Waals surface area contributed by atoms with E-state index in [1.807, 2.05) is 17.5 Å². The quantitative estimate of drug-likeness (QED) is 0.555. The molecule has 0 radical (unpaired) electrons. The SMILES string of the molecule is Sc1c(CCl)cc2ccsc2c1Cl. The van der Waals surface area contributed by atoms with E-state index in [1.165, 1.54) is 0 Å². The number of fused-ring (bicyclic) bond motifs is 1. The van der Waals surface area contributed by atoms with Crippen LogP contribution in [0.4, 0.5) is 0 Å². The highest BCUT2D eigenvalue weighted by atomic mass is 35.5. The van der Waals surface area contributed by atoms with Gasteiger partial charge in [-0.1, -0.05) is 11.6 Å². The second kappa shape index (κ2) is 3.70. The first kappa shape index (κ1) is 9.66. The van der Waals surface area contributed by atoms with Gasteiger partial charge in [0.15, 0.2) is 0 Å². The molecule has 0 bridgehead atoms. The molecule has 0 atom stereocenters. The average Bonchev–Trinajstić information content (AvgIpc) is 2.59. The number of hydrogen-bond donors (Lipinski definition) is 1. The fourth-order valence-corrected chi connectivity index (χ4v) is 3.04. The summed E-state index contributed by atoms with van der Waals surface area (Å²) in [5.74, 6) is 0.449. The Kier molecular flexibility index (Phi) is 2.75. The van der Waals surface area contributed by atoms with Gasteiger partial charge in [0.2, 0.25) is 0 Å². The number of alkyl halides is 1. The molecule has 0 N–H and O–H groups in total. The fraction of sp³-hybridized carbons (Fsp3) is 0.111. The van der Waals surface area contributed by atoms with Crippen molar-refractivity contribution in [3.05, 3.63) is 28.1 Å². The van der Waals surface area contributed by atoms with Gasteiger partial charge in [-0.2, -0.15) is 0 Å². The molecule has 0 nitrogen and oxygen atoms in total. The summed E-state index contributed by atoms with van der Waals surface area (Å²) >= 11 is 17.9. The molecule has 68 valence electrons. The lowest BCUT2D eigenvalue weighted by Gasteiger charge is -2.04. The molecular formula is C9H6Cl2S2. The van der Waals surface area contributed by atoms with E-state index in [0.29, 0.717) is 10.9 Å². The third-order valence-corrected chi connectivity index (χ3v) is 4.25. The molecule has 0 aliphatic heterocycles. The van der Waals surface area contributed by atoms with Crippen LogP contribution in [-0.2, 0) is 5.88 Å². The molecule has 0 unspecified atom stereocenters. The summed E-state index contributed by atoms with van der Waals surface area (Å²) in [4.78, 5) is 0.798. The highest BCUT2D eigenvalue weighted by Crippen LogP contribution is 2.36. The van der Waals surface area contributed by atoms with Gasteiger partial charge in [-0.05, 0) is 28.5 Å². The molecule has 0 amide bonds. The van der Waals surface area contributed by atoms with Crippen molar-refractivity contribution in [1.29, 1.82) is 0 Å². The van der Waals surface area contributed by atoms with Gasteiger partial charge in [0.05, 0.1) is 9.72 Å². The van der Waals surface area contributed by atoms with Gasteiger partial charge in [-0.25, -0.2) is 0 Å². The summed E-state index contributed by atoms with van der Waals surface area (Å²) < 4.78 is 1.08. The predicted octanol–water partition coefficient (Wildman–Crippen LogP) is 4.58. The van der Waals surface area contributed by atoms with E-state index < -0.39 is 0 Å². The molecule has 0 aliphatic carbocycles. The molecule has 1 aromatic carbocycles. The number of halogens is 2. The summed E-state index contributed by atoms with van der Waals surface area (Å²) in [6.45, 7) is 0. The molecular weight excluding hydrogens is 243 g/mol. The van der Waals surface area contributed by atoms with E-state index >= 15 is 0 Å². The molecule has 2 rings (SSSR count). The molecule has 0 spiro atoms. The second-order valence-electron chi connectivity index (χ2n) is 2.67. The van der Waals surface area contributed by atoms with E-state index in [2.05, 4.69) is 12.6 Å². The summed E-state index contributed by atoms with van der Waals surface area (Å²) in [6, 6.07) is 4.07. The maximum Gasteiger partial charge on any atom is 0.0720 e. The fourth-order valence-electron chi connectivity index (χ4n) is 1.22. The Morgan fingerprint density at radius 3 is 2.92 bits per heavy atom. The lowest BCUT2D eigenvalue weighted by molar-refractivity contribution is 1.30. The van der Waals surface area contributed by atoms with Crippen LogP contribution >= 0.6 is 47.2 Å². The molecule has 1 heterocycles. The van der Waals surface area contributed by atoms with Crippen molar-refractivity contribution in [3.8, 4) is 0 Å². The van der Waals surface area contributed by atoms with E-state index in [-0.39, 0.29) is 0 Å². The normalized spacial score (nSPS) is 11.0. The standard InChI is InChI=1S/C9H6Cl2S2/c10-4-6-3-5-1-2-13-9(5)7(11)8(6)12/h1-3,12H,4H2. The highest BCUT2D eigenvalue weighted by Gasteiger charge is 2.08. The van der Waals surface area contributed by atoms with Gasteiger partial charge in [0.1, 0.15) is 0 Å². The minimum Gasteiger partial charge on any atom is -0.142 e. The number of hydrogen-bond acceptors (Lipinski definition) is 2. The zero-order chi connectivity index (χ0) is 9.42. The lowest BCUT2D eigenvalue weighted by Crippen LogP contribution is -1.82. The van der Waals surface area contributed by atoms with Crippen molar-refractivity contribution in [3.63, 3.8) is 0 Å². The lowest BCUT2D eigenvalue weighted by atomic mass is 10.2. The molecule has 0 fully saturated rings. The number of thiol groups is 1. The first-order chi connectivity index (χ1) is 6.24. The van der Waals surface area contributed by atoms with E-state index in [1.54, 1.807) is 11.3 Å². The van der Waals surface area contributed by atoms with Crippen LogP contribution in [0.15, 0.2) is 22.4 Å². The smallest absolute Gasteiger partial charge is 0.0720 e. The minimum atomic E-state index is 0.449. The maximum absolute atomic E-state index is 6.13. The zero-order valence-electron chi connectivity index (χ0n) is 6.55. The van der Waals surface area contributed by atoms with Crippen LogP contribution in [0.5, 0.6) is 0 Å². The van der Waals surface area contributed by atoms with Crippen LogP contribution in [0.3, 0.4) is 0 Å². The number of rotatable bonds is 1. The monoisotopic (exact) mass is 248 g/mol. The first-order valence-corrected chi connectivity index (χ1v) is 5.91. The first-order valence-electron chi connectivity index (χ1n) is 3.67. The minimum absolute atomic E-state index is 0.449. The highest BCUT2D eigenvalue weighted by molar-refractivity contribution is 7.80. The topological polar surface area (TPSA) is 0 Å².